The van der Waals surface area contributed by atoms with Crippen molar-refractivity contribution in [1.82, 2.24) is 19.9 Å². The third-order valence-electron chi connectivity index (χ3n) is 4.11. The number of amides is 1. The van der Waals surface area contributed by atoms with Crippen molar-refractivity contribution < 1.29 is 9.32 Å². The second-order valence-electron chi connectivity index (χ2n) is 6.27. The maximum absolute atomic E-state index is 12.0. The van der Waals surface area contributed by atoms with Gasteiger partial charge in [0.1, 0.15) is 0 Å². The van der Waals surface area contributed by atoms with Gasteiger partial charge in [0.05, 0.1) is 6.54 Å². The monoisotopic (exact) mass is 348 g/mol. The molecular weight excluding hydrogens is 328 g/mol. The van der Waals surface area contributed by atoms with Crippen molar-refractivity contribution in [3.05, 3.63) is 35.2 Å². The Morgan fingerprint density at radius 2 is 1.88 bits per heavy atom. The molecule has 0 radical (unpaired) electrons. The Hall–Kier alpha value is -1.92. The molecule has 7 heteroatoms. The molecule has 0 atom stereocenters. The van der Waals surface area contributed by atoms with Gasteiger partial charge in [0, 0.05) is 42.7 Å². The van der Waals surface area contributed by atoms with E-state index >= 15 is 0 Å². The van der Waals surface area contributed by atoms with Gasteiger partial charge in [-0.05, 0) is 24.3 Å². The fourth-order valence-electron chi connectivity index (χ4n) is 2.72. The molecule has 1 aliphatic rings. The lowest BCUT2D eigenvalue weighted by molar-refractivity contribution is -0.136. The standard InChI is InChI=1S/C17H21ClN4O2/c1-12(2)17(23)22-9-7-21(8-10-22)11-15-19-16(20-24-15)13-3-5-14(18)6-4-13/h3-6,12H,7-11H2,1-2H3. The topological polar surface area (TPSA) is 62.5 Å². The van der Waals surface area contributed by atoms with Crippen LogP contribution in [0.1, 0.15) is 19.7 Å². The molecule has 1 amide bonds. The summed E-state index contributed by atoms with van der Waals surface area (Å²) in [6.45, 7) is 7.60. The molecule has 1 fully saturated rings. The lowest BCUT2D eigenvalue weighted by atomic mass is 10.1. The van der Waals surface area contributed by atoms with E-state index in [2.05, 4.69) is 15.0 Å². The minimum atomic E-state index is 0.0504. The molecule has 6 nitrogen and oxygen atoms in total. The van der Waals surface area contributed by atoms with E-state index in [1.54, 1.807) is 12.1 Å². The molecular formula is C17H21ClN4O2. The summed E-state index contributed by atoms with van der Waals surface area (Å²) in [6.07, 6.45) is 0. The van der Waals surface area contributed by atoms with Crippen molar-refractivity contribution in [2.75, 3.05) is 26.2 Å². The van der Waals surface area contributed by atoms with E-state index in [9.17, 15) is 4.79 Å². The average molecular weight is 349 g/mol. The van der Waals surface area contributed by atoms with Crippen LogP contribution in [-0.2, 0) is 11.3 Å². The second-order valence-corrected chi connectivity index (χ2v) is 6.71. The minimum absolute atomic E-state index is 0.0504. The van der Waals surface area contributed by atoms with E-state index in [4.69, 9.17) is 16.1 Å². The first-order chi connectivity index (χ1) is 11.5. The number of carbonyl (C=O) groups excluding carboxylic acids is 1. The maximum Gasteiger partial charge on any atom is 0.241 e. The van der Waals surface area contributed by atoms with Gasteiger partial charge in [0.25, 0.3) is 0 Å². The number of hydrogen-bond acceptors (Lipinski definition) is 5. The zero-order chi connectivity index (χ0) is 17.1. The lowest BCUT2D eigenvalue weighted by Crippen LogP contribution is -2.49. The summed E-state index contributed by atoms with van der Waals surface area (Å²) in [6, 6.07) is 7.34. The Morgan fingerprint density at radius 3 is 2.50 bits per heavy atom. The molecule has 128 valence electrons. The summed E-state index contributed by atoms with van der Waals surface area (Å²) in [4.78, 5) is 20.6. The number of halogens is 1. The smallest absolute Gasteiger partial charge is 0.241 e. The van der Waals surface area contributed by atoms with Crippen molar-refractivity contribution in [1.29, 1.82) is 0 Å². The largest absolute Gasteiger partial charge is 0.340 e. The Kier molecular flexibility index (Phi) is 5.16. The number of nitrogens with zero attached hydrogens (tertiary/aromatic N) is 4. The quantitative estimate of drug-likeness (QED) is 0.850. The summed E-state index contributed by atoms with van der Waals surface area (Å²) in [5.41, 5.74) is 0.877. The summed E-state index contributed by atoms with van der Waals surface area (Å²) in [5.74, 6) is 1.42. The molecule has 2 heterocycles. The molecule has 0 unspecified atom stereocenters. The molecule has 0 bridgehead atoms. The van der Waals surface area contributed by atoms with E-state index in [0.29, 0.717) is 23.3 Å². The van der Waals surface area contributed by atoms with Crippen LogP contribution in [0, 0.1) is 5.92 Å². The molecule has 3 rings (SSSR count). The highest BCUT2D eigenvalue weighted by molar-refractivity contribution is 6.30. The Morgan fingerprint density at radius 1 is 1.21 bits per heavy atom. The summed E-state index contributed by atoms with van der Waals surface area (Å²) in [5, 5.41) is 4.70. The van der Waals surface area contributed by atoms with Crippen LogP contribution < -0.4 is 0 Å². The molecule has 1 saturated heterocycles. The van der Waals surface area contributed by atoms with Gasteiger partial charge in [-0.1, -0.05) is 30.6 Å². The summed E-state index contributed by atoms with van der Waals surface area (Å²) < 4.78 is 5.35. The van der Waals surface area contributed by atoms with Crippen molar-refractivity contribution in [2.24, 2.45) is 5.92 Å². The molecule has 0 saturated carbocycles. The Labute approximate surface area is 146 Å². The molecule has 2 aromatic rings. The fourth-order valence-corrected chi connectivity index (χ4v) is 2.84. The van der Waals surface area contributed by atoms with Gasteiger partial charge in [0.2, 0.25) is 17.6 Å². The van der Waals surface area contributed by atoms with Gasteiger partial charge in [-0.2, -0.15) is 4.98 Å². The van der Waals surface area contributed by atoms with Crippen LogP contribution in [-0.4, -0.2) is 52.0 Å². The maximum atomic E-state index is 12.0. The first-order valence-corrected chi connectivity index (χ1v) is 8.50. The number of benzene rings is 1. The predicted molar refractivity (Wildman–Crippen MR) is 91.4 cm³/mol. The van der Waals surface area contributed by atoms with Gasteiger partial charge in [0.15, 0.2) is 0 Å². The molecule has 0 N–H and O–H groups in total. The van der Waals surface area contributed by atoms with Crippen LogP contribution in [0.5, 0.6) is 0 Å². The summed E-state index contributed by atoms with van der Waals surface area (Å²) in [7, 11) is 0. The van der Waals surface area contributed by atoms with E-state index in [0.717, 1.165) is 31.7 Å². The van der Waals surface area contributed by atoms with Crippen LogP contribution in [0.25, 0.3) is 11.4 Å². The Bertz CT molecular complexity index is 691. The highest BCUT2D eigenvalue weighted by atomic mass is 35.5. The third-order valence-corrected chi connectivity index (χ3v) is 4.36. The highest BCUT2D eigenvalue weighted by Crippen LogP contribution is 2.19. The van der Waals surface area contributed by atoms with Gasteiger partial charge in [-0.3, -0.25) is 9.69 Å². The fraction of sp³-hybridized carbons (Fsp3) is 0.471. The second kappa shape index (κ2) is 7.32. The number of piperazine rings is 1. The van der Waals surface area contributed by atoms with E-state index in [1.807, 2.05) is 30.9 Å². The molecule has 1 aromatic carbocycles. The zero-order valence-electron chi connectivity index (χ0n) is 13.9. The zero-order valence-corrected chi connectivity index (χ0v) is 14.7. The molecule has 24 heavy (non-hydrogen) atoms. The average Bonchev–Trinajstić information content (AvgIpc) is 3.04. The SMILES string of the molecule is CC(C)C(=O)N1CCN(Cc2nc(-c3ccc(Cl)cc3)no2)CC1. The number of hydrogen-bond donors (Lipinski definition) is 0. The van der Waals surface area contributed by atoms with Crippen LogP contribution in [0.4, 0.5) is 0 Å². The normalized spacial score (nSPS) is 15.9. The van der Waals surface area contributed by atoms with Crippen molar-refractivity contribution in [2.45, 2.75) is 20.4 Å². The highest BCUT2D eigenvalue weighted by Gasteiger charge is 2.24. The van der Waals surface area contributed by atoms with Crippen molar-refractivity contribution >= 4 is 17.5 Å². The van der Waals surface area contributed by atoms with Crippen LogP contribution >= 0.6 is 11.6 Å². The minimum Gasteiger partial charge on any atom is -0.340 e. The molecule has 1 aromatic heterocycles. The van der Waals surface area contributed by atoms with Crippen LogP contribution in [0.3, 0.4) is 0 Å². The van der Waals surface area contributed by atoms with Crippen LogP contribution in [0.15, 0.2) is 28.8 Å². The third kappa shape index (κ3) is 3.94. The number of carbonyl (C=O) groups is 1. The van der Waals surface area contributed by atoms with Gasteiger partial charge in [-0.25, -0.2) is 0 Å². The first kappa shape index (κ1) is 16.9. The van der Waals surface area contributed by atoms with Crippen molar-refractivity contribution in [3.63, 3.8) is 0 Å². The predicted octanol–water partition coefficient (Wildman–Crippen LogP) is 2.69. The molecule has 0 aliphatic carbocycles. The van der Waals surface area contributed by atoms with Gasteiger partial charge >= 0.3 is 0 Å². The Balaban J connectivity index is 1.56. The van der Waals surface area contributed by atoms with E-state index in [-0.39, 0.29) is 11.8 Å². The van der Waals surface area contributed by atoms with Gasteiger partial charge < -0.3 is 9.42 Å². The lowest BCUT2D eigenvalue weighted by Gasteiger charge is -2.34. The molecule has 0 spiro atoms. The van der Waals surface area contributed by atoms with Crippen molar-refractivity contribution in [3.8, 4) is 11.4 Å². The number of aromatic nitrogens is 2. The van der Waals surface area contributed by atoms with Gasteiger partial charge in [-0.15, -0.1) is 0 Å². The molecule has 1 aliphatic heterocycles. The van der Waals surface area contributed by atoms with E-state index < -0.39 is 0 Å². The van der Waals surface area contributed by atoms with Crippen LogP contribution in [0.2, 0.25) is 5.02 Å². The number of rotatable bonds is 4. The van der Waals surface area contributed by atoms with E-state index in [1.165, 1.54) is 0 Å². The first-order valence-electron chi connectivity index (χ1n) is 8.12. The summed E-state index contributed by atoms with van der Waals surface area (Å²) >= 11 is 5.89.